The van der Waals surface area contributed by atoms with Crippen molar-refractivity contribution in [2.75, 3.05) is 0 Å². The van der Waals surface area contributed by atoms with Gasteiger partial charge in [0.05, 0.1) is 22.3 Å². The molecule has 114 valence electrons. The first kappa shape index (κ1) is 15.2. The lowest BCUT2D eigenvalue weighted by Crippen LogP contribution is -2.03. The molecule has 7 heteroatoms. The van der Waals surface area contributed by atoms with Gasteiger partial charge in [0.2, 0.25) is 5.28 Å². The van der Waals surface area contributed by atoms with Crippen LogP contribution in [0.1, 0.15) is 25.7 Å². The van der Waals surface area contributed by atoms with Crippen molar-refractivity contribution >= 4 is 34.2 Å². The third kappa shape index (κ3) is 2.44. The standard InChI is InChI=1S/C15H13Cl2FN4/c1-7(2)22-8(3)20-12-5-10(16)9(4-13(12)22)14-11(18)6-19-15(17)21-14/h4-7H,1-3H3. The maximum absolute atomic E-state index is 14.0. The van der Waals surface area contributed by atoms with Crippen LogP contribution in [0, 0.1) is 12.7 Å². The van der Waals surface area contributed by atoms with Crippen LogP contribution in [0.25, 0.3) is 22.3 Å². The zero-order valence-corrected chi connectivity index (χ0v) is 13.7. The molecule has 2 heterocycles. The van der Waals surface area contributed by atoms with Gasteiger partial charge in [0.25, 0.3) is 0 Å². The smallest absolute Gasteiger partial charge is 0.223 e. The molecule has 0 fully saturated rings. The van der Waals surface area contributed by atoms with E-state index in [1.54, 1.807) is 12.1 Å². The Morgan fingerprint density at radius 3 is 2.59 bits per heavy atom. The number of fused-ring (bicyclic) bond motifs is 1. The second-order valence-corrected chi connectivity index (χ2v) is 6.02. The van der Waals surface area contributed by atoms with Crippen molar-refractivity contribution < 1.29 is 4.39 Å². The van der Waals surface area contributed by atoms with E-state index in [-0.39, 0.29) is 17.0 Å². The number of aryl methyl sites for hydroxylation is 1. The first-order chi connectivity index (χ1) is 10.4. The number of benzene rings is 1. The molecule has 0 N–H and O–H groups in total. The summed E-state index contributed by atoms with van der Waals surface area (Å²) < 4.78 is 16.1. The summed E-state index contributed by atoms with van der Waals surface area (Å²) in [5.41, 5.74) is 2.19. The van der Waals surface area contributed by atoms with Crippen LogP contribution in [0.3, 0.4) is 0 Å². The Labute approximate surface area is 136 Å². The third-order valence-corrected chi connectivity index (χ3v) is 3.94. The number of hydrogen-bond donors (Lipinski definition) is 0. The van der Waals surface area contributed by atoms with Crippen LogP contribution in [0.2, 0.25) is 10.3 Å². The van der Waals surface area contributed by atoms with Gasteiger partial charge in [0, 0.05) is 11.6 Å². The Balaban J connectivity index is 2.33. The summed E-state index contributed by atoms with van der Waals surface area (Å²) in [6.45, 7) is 6.05. The number of rotatable bonds is 2. The molecule has 0 saturated carbocycles. The van der Waals surface area contributed by atoms with Crippen LogP contribution in [0.5, 0.6) is 0 Å². The minimum atomic E-state index is -0.571. The molecule has 0 spiro atoms. The van der Waals surface area contributed by atoms with E-state index >= 15 is 0 Å². The lowest BCUT2D eigenvalue weighted by molar-refractivity contribution is 0.600. The molecule has 0 unspecified atom stereocenters. The largest absolute Gasteiger partial charge is 0.326 e. The van der Waals surface area contributed by atoms with E-state index < -0.39 is 5.82 Å². The van der Waals surface area contributed by atoms with Gasteiger partial charge in [-0.25, -0.2) is 19.3 Å². The van der Waals surface area contributed by atoms with Crippen molar-refractivity contribution in [3.63, 3.8) is 0 Å². The summed E-state index contributed by atoms with van der Waals surface area (Å²) >= 11 is 12.1. The van der Waals surface area contributed by atoms with Gasteiger partial charge in [-0.15, -0.1) is 0 Å². The number of aromatic nitrogens is 4. The molecular weight excluding hydrogens is 326 g/mol. The first-order valence-electron chi connectivity index (χ1n) is 6.75. The van der Waals surface area contributed by atoms with Gasteiger partial charge >= 0.3 is 0 Å². The predicted molar refractivity (Wildman–Crippen MR) is 85.9 cm³/mol. The summed E-state index contributed by atoms with van der Waals surface area (Å²) in [5, 5.41) is 0.343. The van der Waals surface area contributed by atoms with Crippen molar-refractivity contribution in [1.82, 2.24) is 19.5 Å². The Morgan fingerprint density at radius 1 is 1.18 bits per heavy atom. The number of hydrogen-bond acceptors (Lipinski definition) is 3. The second-order valence-electron chi connectivity index (χ2n) is 5.28. The second kappa shape index (κ2) is 5.48. The van der Waals surface area contributed by atoms with E-state index in [2.05, 4.69) is 33.4 Å². The first-order valence-corrected chi connectivity index (χ1v) is 7.50. The topological polar surface area (TPSA) is 43.6 Å². The maximum Gasteiger partial charge on any atom is 0.223 e. The summed E-state index contributed by atoms with van der Waals surface area (Å²) in [6, 6.07) is 3.73. The SMILES string of the molecule is Cc1nc2cc(Cl)c(-c3nc(Cl)ncc3F)cc2n1C(C)C. The molecule has 0 saturated heterocycles. The molecule has 0 aliphatic heterocycles. The fourth-order valence-electron chi connectivity index (χ4n) is 2.60. The summed E-state index contributed by atoms with van der Waals surface area (Å²) in [5.74, 6) is 0.303. The molecule has 0 radical (unpaired) electrons. The van der Waals surface area contributed by atoms with Gasteiger partial charge in [-0.2, -0.15) is 0 Å². The van der Waals surface area contributed by atoms with E-state index in [1.165, 1.54) is 0 Å². The molecule has 0 aliphatic carbocycles. The van der Waals surface area contributed by atoms with Gasteiger partial charge < -0.3 is 4.57 Å². The van der Waals surface area contributed by atoms with Crippen LogP contribution in [0.4, 0.5) is 4.39 Å². The fourth-order valence-corrected chi connectivity index (χ4v) is 2.98. The van der Waals surface area contributed by atoms with E-state index in [0.717, 1.165) is 23.1 Å². The van der Waals surface area contributed by atoms with Crippen LogP contribution in [-0.2, 0) is 0 Å². The van der Waals surface area contributed by atoms with Crippen LogP contribution in [-0.4, -0.2) is 19.5 Å². The van der Waals surface area contributed by atoms with Gasteiger partial charge in [-0.05, 0) is 44.5 Å². The van der Waals surface area contributed by atoms with Gasteiger partial charge in [-0.3, -0.25) is 0 Å². The van der Waals surface area contributed by atoms with Crippen LogP contribution < -0.4 is 0 Å². The molecule has 0 aliphatic rings. The van der Waals surface area contributed by atoms with E-state index in [1.807, 2.05) is 6.92 Å². The summed E-state index contributed by atoms with van der Waals surface area (Å²) in [6.07, 6.45) is 1.04. The van der Waals surface area contributed by atoms with Crippen molar-refractivity contribution in [2.24, 2.45) is 0 Å². The molecule has 3 rings (SSSR count). The lowest BCUT2D eigenvalue weighted by Gasteiger charge is -2.12. The van der Waals surface area contributed by atoms with E-state index in [4.69, 9.17) is 23.2 Å². The highest BCUT2D eigenvalue weighted by molar-refractivity contribution is 6.34. The highest BCUT2D eigenvalue weighted by atomic mass is 35.5. The molecule has 2 aromatic heterocycles. The van der Waals surface area contributed by atoms with Crippen LogP contribution in [0.15, 0.2) is 18.3 Å². The number of halogens is 3. The zero-order valence-electron chi connectivity index (χ0n) is 12.2. The van der Waals surface area contributed by atoms with Crippen molar-refractivity contribution in [3.05, 3.63) is 40.3 Å². The lowest BCUT2D eigenvalue weighted by atomic mass is 10.1. The minimum absolute atomic E-state index is 0.0267. The number of imidazole rings is 1. The molecule has 0 amide bonds. The molecule has 4 nitrogen and oxygen atoms in total. The normalized spacial score (nSPS) is 11.6. The summed E-state index contributed by atoms with van der Waals surface area (Å²) in [4.78, 5) is 12.1. The van der Waals surface area contributed by atoms with Crippen LogP contribution >= 0.6 is 23.2 Å². The monoisotopic (exact) mass is 338 g/mol. The fraction of sp³-hybridized carbons (Fsp3) is 0.267. The van der Waals surface area contributed by atoms with Crippen molar-refractivity contribution in [3.8, 4) is 11.3 Å². The quantitative estimate of drug-likeness (QED) is 0.628. The van der Waals surface area contributed by atoms with Gasteiger partial charge in [-0.1, -0.05) is 11.6 Å². The molecule has 3 aromatic rings. The van der Waals surface area contributed by atoms with E-state index in [9.17, 15) is 4.39 Å². The zero-order chi connectivity index (χ0) is 16.0. The highest BCUT2D eigenvalue weighted by Crippen LogP contribution is 2.34. The maximum atomic E-state index is 14.0. The van der Waals surface area contributed by atoms with Gasteiger partial charge in [0.1, 0.15) is 11.5 Å². The van der Waals surface area contributed by atoms with Crippen molar-refractivity contribution in [2.45, 2.75) is 26.8 Å². The highest BCUT2D eigenvalue weighted by Gasteiger charge is 2.17. The molecule has 1 aromatic carbocycles. The third-order valence-electron chi connectivity index (χ3n) is 3.44. The molecule has 0 bridgehead atoms. The van der Waals surface area contributed by atoms with Gasteiger partial charge in [0.15, 0.2) is 5.82 Å². The minimum Gasteiger partial charge on any atom is -0.326 e. The Morgan fingerprint density at radius 2 is 1.91 bits per heavy atom. The average Bonchev–Trinajstić information content (AvgIpc) is 2.75. The average molecular weight is 339 g/mol. The molecule has 22 heavy (non-hydrogen) atoms. The molecular formula is C15H13Cl2FN4. The summed E-state index contributed by atoms with van der Waals surface area (Å²) in [7, 11) is 0. The Kier molecular flexibility index (Phi) is 3.78. The number of nitrogens with zero attached hydrogens (tertiary/aromatic N) is 4. The van der Waals surface area contributed by atoms with Crippen molar-refractivity contribution in [1.29, 1.82) is 0 Å². The van der Waals surface area contributed by atoms with E-state index in [0.29, 0.717) is 10.6 Å². The Hall–Kier alpha value is -1.72. The Bertz CT molecular complexity index is 874. The predicted octanol–water partition coefficient (Wildman–Crippen LogP) is 4.83. The molecule has 0 atom stereocenters.